The van der Waals surface area contributed by atoms with Crippen molar-refractivity contribution < 1.29 is 0 Å². The maximum atomic E-state index is 5.99. The largest absolute Gasteiger partial charge is 0.368 e. The number of aromatic nitrogens is 6. The van der Waals surface area contributed by atoms with Crippen LogP contribution in [0.1, 0.15) is 17.0 Å². The van der Waals surface area contributed by atoms with Crippen molar-refractivity contribution in [3.63, 3.8) is 0 Å². The fourth-order valence-corrected chi connectivity index (χ4v) is 2.57. The number of aryl methyl sites for hydroxylation is 2. The molecule has 0 aliphatic carbocycles. The molecule has 0 saturated heterocycles. The normalized spacial score (nSPS) is 11.1. The molecule has 0 saturated carbocycles. The second-order valence-electron chi connectivity index (χ2n) is 5.09. The first kappa shape index (κ1) is 14.5. The summed E-state index contributed by atoms with van der Waals surface area (Å²) in [5.41, 5.74) is 10.3. The molecule has 22 heavy (non-hydrogen) atoms. The predicted octanol–water partition coefficient (Wildman–Crippen LogP) is 1.75. The van der Waals surface area contributed by atoms with Gasteiger partial charge in [-0.15, -0.1) is 0 Å². The molecule has 3 heterocycles. The van der Waals surface area contributed by atoms with Crippen molar-refractivity contribution in [1.82, 2.24) is 29.5 Å². The van der Waals surface area contributed by atoms with E-state index in [0.29, 0.717) is 17.3 Å². The van der Waals surface area contributed by atoms with Crippen LogP contribution in [0.3, 0.4) is 0 Å². The summed E-state index contributed by atoms with van der Waals surface area (Å²) < 4.78 is 3.67. The lowest BCUT2D eigenvalue weighted by Crippen LogP contribution is -2.02. The molecule has 3 aromatic heterocycles. The SMILES string of the molecule is Cc1c(Cc2ccnn2C)c(-c2cc(Cl)nc(N)n2)nn1C. The molecule has 0 aliphatic rings. The molecule has 2 N–H and O–H groups in total. The monoisotopic (exact) mass is 317 g/mol. The van der Waals surface area contributed by atoms with Crippen LogP contribution in [0, 0.1) is 6.92 Å². The lowest BCUT2D eigenvalue weighted by molar-refractivity contribution is 0.719. The Balaban J connectivity index is 2.12. The average molecular weight is 318 g/mol. The van der Waals surface area contributed by atoms with E-state index in [4.69, 9.17) is 17.3 Å². The van der Waals surface area contributed by atoms with Gasteiger partial charge in [0.15, 0.2) is 0 Å². The molecular weight excluding hydrogens is 302 g/mol. The van der Waals surface area contributed by atoms with Gasteiger partial charge in [-0.3, -0.25) is 9.36 Å². The number of nitrogens with two attached hydrogens (primary N) is 1. The minimum absolute atomic E-state index is 0.136. The number of rotatable bonds is 3. The van der Waals surface area contributed by atoms with Gasteiger partial charge < -0.3 is 5.73 Å². The number of anilines is 1. The van der Waals surface area contributed by atoms with E-state index in [0.717, 1.165) is 22.6 Å². The molecule has 0 aromatic carbocycles. The third-order valence-electron chi connectivity index (χ3n) is 3.69. The average Bonchev–Trinajstić information content (AvgIpc) is 2.97. The van der Waals surface area contributed by atoms with Crippen molar-refractivity contribution >= 4 is 17.5 Å². The summed E-state index contributed by atoms with van der Waals surface area (Å²) in [5.74, 6) is 0.136. The fraction of sp³-hybridized carbons (Fsp3) is 0.286. The zero-order valence-corrected chi connectivity index (χ0v) is 13.3. The molecule has 0 bridgehead atoms. The van der Waals surface area contributed by atoms with Crippen molar-refractivity contribution in [2.75, 3.05) is 5.73 Å². The van der Waals surface area contributed by atoms with Crippen molar-refractivity contribution in [3.05, 3.63) is 40.4 Å². The molecule has 3 aromatic rings. The Morgan fingerprint density at radius 1 is 1.23 bits per heavy atom. The number of nitrogens with zero attached hydrogens (tertiary/aromatic N) is 6. The van der Waals surface area contributed by atoms with Gasteiger partial charge in [0.2, 0.25) is 5.95 Å². The highest BCUT2D eigenvalue weighted by molar-refractivity contribution is 6.29. The van der Waals surface area contributed by atoms with Gasteiger partial charge in [-0.1, -0.05) is 11.6 Å². The summed E-state index contributed by atoms with van der Waals surface area (Å²) in [6.07, 6.45) is 2.48. The van der Waals surface area contributed by atoms with Gasteiger partial charge in [-0.25, -0.2) is 9.97 Å². The van der Waals surface area contributed by atoms with Gasteiger partial charge in [0, 0.05) is 49.7 Å². The Labute approximate surface area is 132 Å². The maximum absolute atomic E-state index is 5.99. The van der Waals surface area contributed by atoms with E-state index in [1.165, 1.54) is 0 Å². The third kappa shape index (κ3) is 2.55. The highest BCUT2D eigenvalue weighted by Crippen LogP contribution is 2.27. The summed E-state index contributed by atoms with van der Waals surface area (Å²) in [6.45, 7) is 2.02. The van der Waals surface area contributed by atoms with E-state index in [2.05, 4.69) is 20.2 Å². The molecule has 0 amide bonds. The molecule has 0 radical (unpaired) electrons. The van der Waals surface area contributed by atoms with Gasteiger partial charge in [-0.05, 0) is 13.0 Å². The van der Waals surface area contributed by atoms with E-state index in [1.807, 2.05) is 36.4 Å². The smallest absolute Gasteiger partial charge is 0.222 e. The Kier molecular flexibility index (Phi) is 3.58. The van der Waals surface area contributed by atoms with Crippen molar-refractivity contribution in [2.24, 2.45) is 14.1 Å². The van der Waals surface area contributed by atoms with E-state index in [9.17, 15) is 0 Å². The summed E-state index contributed by atoms with van der Waals surface area (Å²) in [7, 11) is 3.82. The molecule has 0 atom stereocenters. The second-order valence-corrected chi connectivity index (χ2v) is 5.48. The van der Waals surface area contributed by atoms with Crippen molar-refractivity contribution in [2.45, 2.75) is 13.3 Å². The Morgan fingerprint density at radius 3 is 2.64 bits per heavy atom. The van der Waals surface area contributed by atoms with Crippen LogP contribution in [0.25, 0.3) is 11.4 Å². The van der Waals surface area contributed by atoms with Gasteiger partial charge in [0.1, 0.15) is 10.8 Å². The number of halogens is 1. The van der Waals surface area contributed by atoms with Gasteiger partial charge in [0.25, 0.3) is 0 Å². The first-order chi connectivity index (χ1) is 10.5. The van der Waals surface area contributed by atoms with Gasteiger partial charge >= 0.3 is 0 Å². The van der Waals surface area contributed by atoms with Crippen LogP contribution in [0.4, 0.5) is 5.95 Å². The van der Waals surface area contributed by atoms with Gasteiger partial charge in [0.05, 0.1) is 5.69 Å². The van der Waals surface area contributed by atoms with Crippen LogP contribution in [0.2, 0.25) is 5.15 Å². The highest BCUT2D eigenvalue weighted by Gasteiger charge is 2.18. The fourth-order valence-electron chi connectivity index (χ4n) is 2.38. The van der Waals surface area contributed by atoms with Crippen LogP contribution in [0.15, 0.2) is 18.3 Å². The molecule has 3 rings (SSSR count). The minimum Gasteiger partial charge on any atom is -0.368 e. The number of hydrogen-bond donors (Lipinski definition) is 1. The molecular formula is C14H16ClN7. The van der Waals surface area contributed by atoms with Crippen LogP contribution in [-0.2, 0) is 20.5 Å². The Hall–Kier alpha value is -2.41. The summed E-state index contributed by atoms with van der Waals surface area (Å²) >= 11 is 5.99. The minimum atomic E-state index is 0.136. The van der Waals surface area contributed by atoms with Crippen LogP contribution in [-0.4, -0.2) is 29.5 Å². The molecule has 8 heteroatoms. The first-order valence-corrected chi connectivity index (χ1v) is 7.13. The summed E-state index contributed by atoms with van der Waals surface area (Å²) in [6, 6.07) is 3.66. The van der Waals surface area contributed by atoms with Crippen LogP contribution < -0.4 is 5.73 Å². The molecule has 114 valence electrons. The molecule has 0 aliphatic heterocycles. The maximum Gasteiger partial charge on any atom is 0.222 e. The van der Waals surface area contributed by atoms with Gasteiger partial charge in [-0.2, -0.15) is 10.2 Å². The zero-order valence-electron chi connectivity index (χ0n) is 12.6. The molecule has 0 fully saturated rings. The Bertz CT molecular complexity index is 814. The van der Waals surface area contributed by atoms with E-state index in [1.54, 1.807) is 12.3 Å². The quantitative estimate of drug-likeness (QED) is 0.743. The van der Waals surface area contributed by atoms with Crippen LogP contribution in [0.5, 0.6) is 0 Å². The second kappa shape index (κ2) is 5.42. The summed E-state index contributed by atoms with van der Waals surface area (Å²) in [5, 5.41) is 9.06. The molecule has 0 unspecified atom stereocenters. The van der Waals surface area contributed by atoms with E-state index >= 15 is 0 Å². The predicted molar refractivity (Wildman–Crippen MR) is 84.4 cm³/mol. The topological polar surface area (TPSA) is 87.4 Å². The highest BCUT2D eigenvalue weighted by atomic mass is 35.5. The molecule has 0 spiro atoms. The first-order valence-electron chi connectivity index (χ1n) is 6.75. The number of hydrogen-bond acceptors (Lipinski definition) is 5. The zero-order chi connectivity index (χ0) is 15.9. The number of nitrogen functional groups attached to an aromatic ring is 1. The van der Waals surface area contributed by atoms with Crippen molar-refractivity contribution in [1.29, 1.82) is 0 Å². The van der Waals surface area contributed by atoms with Crippen molar-refractivity contribution in [3.8, 4) is 11.4 Å². The lowest BCUT2D eigenvalue weighted by Gasteiger charge is -2.05. The molecule has 7 nitrogen and oxygen atoms in total. The standard InChI is InChI=1S/C14H16ClN7/c1-8-10(6-9-4-5-17-22(9)3)13(20-21(8)2)11-7-12(15)19-14(16)18-11/h4-5,7H,6H2,1-3H3,(H2,16,18,19). The van der Waals surface area contributed by atoms with E-state index < -0.39 is 0 Å². The lowest BCUT2D eigenvalue weighted by atomic mass is 10.1. The Morgan fingerprint density at radius 2 is 2.00 bits per heavy atom. The van der Waals surface area contributed by atoms with Crippen LogP contribution >= 0.6 is 11.6 Å². The van der Waals surface area contributed by atoms with E-state index in [-0.39, 0.29) is 5.95 Å². The third-order valence-corrected chi connectivity index (χ3v) is 3.89. The summed E-state index contributed by atoms with van der Waals surface area (Å²) in [4.78, 5) is 8.15.